The molecule has 0 saturated carbocycles. The van der Waals surface area contributed by atoms with Crippen LogP contribution in [0.1, 0.15) is 17.2 Å². The van der Waals surface area contributed by atoms with E-state index >= 15 is 0 Å². The molecular weight excluding hydrogens is 359 g/mol. The summed E-state index contributed by atoms with van der Waals surface area (Å²) in [7, 11) is 1.30. The van der Waals surface area contributed by atoms with Crippen molar-refractivity contribution in [2.45, 2.75) is 12.2 Å². The van der Waals surface area contributed by atoms with Gasteiger partial charge in [-0.25, -0.2) is 4.39 Å². The number of alkyl halides is 4. The monoisotopic (exact) mass is 378 g/mol. The van der Waals surface area contributed by atoms with Gasteiger partial charge < -0.3 is 10.1 Å². The van der Waals surface area contributed by atoms with Crippen molar-refractivity contribution in [3.05, 3.63) is 29.3 Å². The lowest BCUT2D eigenvalue weighted by Crippen LogP contribution is -2.46. The number of rotatable bonds is 4. The number of piperazine rings is 1. The quantitative estimate of drug-likeness (QED) is 0.811. The average Bonchev–Trinajstić information content (AvgIpc) is 2.48. The number of halogens is 6. The summed E-state index contributed by atoms with van der Waals surface area (Å²) in [5.74, 6) is 0.115. The van der Waals surface area contributed by atoms with Crippen molar-refractivity contribution in [2.75, 3.05) is 40.0 Å². The van der Waals surface area contributed by atoms with Crippen molar-refractivity contribution in [2.24, 2.45) is 0 Å². The molecule has 0 radical (unpaired) electrons. The number of benzene rings is 1. The first-order valence-corrected chi connectivity index (χ1v) is 6.73. The highest BCUT2D eigenvalue weighted by molar-refractivity contribution is 5.85. The van der Waals surface area contributed by atoms with Gasteiger partial charge in [-0.3, -0.25) is 4.90 Å². The van der Waals surface area contributed by atoms with Gasteiger partial charge in [0.05, 0.1) is 18.7 Å². The van der Waals surface area contributed by atoms with E-state index in [1.165, 1.54) is 19.2 Å². The lowest BCUT2D eigenvalue weighted by atomic mass is 9.98. The summed E-state index contributed by atoms with van der Waals surface area (Å²) in [5, 5.41) is 3.10. The van der Waals surface area contributed by atoms with Crippen LogP contribution in [-0.2, 0) is 6.18 Å². The van der Waals surface area contributed by atoms with Crippen LogP contribution >= 0.6 is 24.8 Å². The molecule has 3 nitrogen and oxygen atoms in total. The van der Waals surface area contributed by atoms with E-state index in [1.54, 1.807) is 4.90 Å². The van der Waals surface area contributed by atoms with Crippen LogP contribution in [0.4, 0.5) is 17.6 Å². The van der Waals surface area contributed by atoms with Gasteiger partial charge in [0.1, 0.15) is 12.4 Å². The molecule has 1 fully saturated rings. The molecule has 1 aliphatic heterocycles. The zero-order chi connectivity index (χ0) is 15.5. The van der Waals surface area contributed by atoms with E-state index in [-0.39, 0.29) is 36.1 Å². The summed E-state index contributed by atoms with van der Waals surface area (Å²) < 4.78 is 57.9. The third-order valence-electron chi connectivity index (χ3n) is 3.66. The van der Waals surface area contributed by atoms with E-state index in [1.807, 2.05) is 0 Å². The summed E-state index contributed by atoms with van der Waals surface area (Å²) in [6, 6.07) is 2.80. The molecule has 1 atom stereocenters. The van der Waals surface area contributed by atoms with Gasteiger partial charge in [-0.1, -0.05) is 6.07 Å². The lowest BCUT2D eigenvalue weighted by molar-refractivity contribution is -0.139. The second-order valence-corrected chi connectivity index (χ2v) is 4.91. The molecule has 0 spiro atoms. The Balaban J connectivity index is 0.00000242. The van der Waals surface area contributed by atoms with E-state index in [0.29, 0.717) is 26.2 Å². The van der Waals surface area contributed by atoms with Crippen LogP contribution < -0.4 is 10.1 Å². The van der Waals surface area contributed by atoms with E-state index in [2.05, 4.69) is 5.32 Å². The fourth-order valence-electron chi connectivity index (χ4n) is 2.57. The standard InChI is InChI=1S/C14H18F4N2O.2ClH/c1-21-10-2-3-11(12(8-10)14(16,17)18)13(9-15)20-6-4-19-5-7-20;;/h2-3,8,13,19H,4-7,9H2,1H3;2*1H/t13-;;/m0../s1. The first-order chi connectivity index (χ1) is 9.97. The molecule has 1 aliphatic rings. The Morgan fingerprint density at radius 1 is 1.22 bits per heavy atom. The van der Waals surface area contributed by atoms with Crippen LogP contribution in [-0.4, -0.2) is 44.9 Å². The molecule has 9 heteroatoms. The van der Waals surface area contributed by atoms with Gasteiger partial charge >= 0.3 is 6.18 Å². The molecule has 1 aromatic carbocycles. The number of nitrogens with zero attached hydrogens (tertiary/aromatic N) is 1. The molecular formula is C14H20Cl2F4N2O. The summed E-state index contributed by atoms with van der Waals surface area (Å²) in [6.45, 7) is 1.49. The molecule has 0 amide bonds. The predicted molar refractivity (Wildman–Crippen MR) is 85.7 cm³/mol. The number of nitrogens with one attached hydrogen (secondary N) is 1. The van der Waals surface area contributed by atoms with Crippen LogP contribution in [0.3, 0.4) is 0 Å². The Morgan fingerprint density at radius 2 is 1.83 bits per heavy atom. The highest BCUT2D eigenvalue weighted by Crippen LogP contribution is 2.38. The number of hydrogen-bond donors (Lipinski definition) is 1. The maximum Gasteiger partial charge on any atom is 0.416 e. The van der Waals surface area contributed by atoms with Crippen LogP contribution in [0, 0.1) is 0 Å². The SMILES string of the molecule is COc1ccc([C@H](CF)N2CCNCC2)c(C(F)(F)F)c1.Cl.Cl. The fourth-order valence-corrected chi connectivity index (χ4v) is 2.57. The Hall–Kier alpha value is -0.760. The van der Waals surface area contributed by atoms with E-state index < -0.39 is 24.5 Å². The summed E-state index contributed by atoms with van der Waals surface area (Å²) in [5.41, 5.74) is -0.865. The Labute approximate surface area is 145 Å². The normalized spacial score (nSPS) is 16.9. The van der Waals surface area contributed by atoms with Gasteiger partial charge in [0.25, 0.3) is 0 Å². The van der Waals surface area contributed by atoms with Crippen LogP contribution in [0.25, 0.3) is 0 Å². The first kappa shape index (κ1) is 22.2. The Bertz CT molecular complexity index is 482. The third kappa shape index (κ3) is 5.38. The molecule has 0 aliphatic carbocycles. The third-order valence-corrected chi connectivity index (χ3v) is 3.66. The van der Waals surface area contributed by atoms with E-state index in [9.17, 15) is 17.6 Å². The van der Waals surface area contributed by atoms with Gasteiger partial charge in [0, 0.05) is 26.2 Å². The molecule has 0 bridgehead atoms. The topological polar surface area (TPSA) is 24.5 Å². The largest absolute Gasteiger partial charge is 0.497 e. The minimum Gasteiger partial charge on any atom is -0.497 e. The number of hydrogen-bond acceptors (Lipinski definition) is 3. The first-order valence-electron chi connectivity index (χ1n) is 6.73. The number of ether oxygens (including phenoxy) is 1. The van der Waals surface area contributed by atoms with E-state index in [4.69, 9.17) is 4.74 Å². The predicted octanol–water partition coefficient (Wildman–Crippen LogP) is 3.47. The van der Waals surface area contributed by atoms with Crippen molar-refractivity contribution in [1.82, 2.24) is 10.2 Å². The van der Waals surface area contributed by atoms with Crippen molar-refractivity contribution >= 4 is 24.8 Å². The molecule has 134 valence electrons. The Kier molecular flexibility index (Phi) is 9.20. The maximum atomic E-state index is 13.4. The second-order valence-electron chi connectivity index (χ2n) is 4.91. The molecule has 1 aromatic rings. The van der Waals surface area contributed by atoms with Crippen LogP contribution in [0.2, 0.25) is 0 Å². The average molecular weight is 379 g/mol. The lowest BCUT2D eigenvalue weighted by Gasteiger charge is -2.34. The summed E-state index contributed by atoms with van der Waals surface area (Å²) in [4.78, 5) is 1.74. The molecule has 1 saturated heterocycles. The summed E-state index contributed by atoms with van der Waals surface area (Å²) in [6.07, 6.45) is -4.54. The molecule has 2 rings (SSSR count). The molecule has 23 heavy (non-hydrogen) atoms. The fraction of sp³-hybridized carbons (Fsp3) is 0.571. The van der Waals surface area contributed by atoms with E-state index in [0.717, 1.165) is 6.07 Å². The molecule has 1 heterocycles. The van der Waals surface area contributed by atoms with Crippen LogP contribution in [0.15, 0.2) is 18.2 Å². The number of methoxy groups -OCH3 is 1. The second kappa shape index (κ2) is 9.52. The molecule has 1 N–H and O–H groups in total. The van der Waals surface area contributed by atoms with Gasteiger partial charge in [-0.2, -0.15) is 13.2 Å². The van der Waals surface area contributed by atoms with Gasteiger partial charge in [-0.05, 0) is 17.7 Å². The minimum atomic E-state index is -4.54. The summed E-state index contributed by atoms with van der Waals surface area (Å²) >= 11 is 0. The molecule has 0 unspecified atom stereocenters. The smallest absolute Gasteiger partial charge is 0.416 e. The molecule has 0 aromatic heterocycles. The zero-order valence-electron chi connectivity index (χ0n) is 12.5. The van der Waals surface area contributed by atoms with Gasteiger partial charge in [-0.15, -0.1) is 24.8 Å². The highest BCUT2D eigenvalue weighted by atomic mass is 35.5. The minimum absolute atomic E-state index is 0. The maximum absolute atomic E-state index is 13.4. The van der Waals surface area contributed by atoms with Crippen molar-refractivity contribution in [1.29, 1.82) is 0 Å². The van der Waals surface area contributed by atoms with Gasteiger partial charge in [0.15, 0.2) is 0 Å². The van der Waals surface area contributed by atoms with Crippen molar-refractivity contribution in [3.8, 4) is 5.75 Å². The van der Waals surface area contributed by atoms with Crippen LogP contribution in [0.5, 0.6) is 5.75 Å². The van der Waals surface area contributed by atoms with Gasteiger partial charge in [0.2, 0.25) is 0 Å². The zero-order valence-corrected chi connectivity index (χ0v) is 14.2. The van der Waals surface area contributed by atoms with Crippen molar-refractivity contribution < 1.29 is 22.3 Å². The van der Waals surface area contributed by atoms with Crippen molar-refractivity contribution in [3.63, 3.8) is 0 Å². The Morgan fingerprint density at radius 3 is 2.30 bits per heavy atom. The highest BCUT2D eigenvalue weighted by Gasteiger charge is 2.37.